The van der Waals surface area contributed by atoms with Crippen LogP contribution in [0.1, 0.15) is 57.2 Å². The van der Waals surface area contributed by atoms with Gasteiger partial charge in [-0.15, -0.1) is 0 Å². The fourth-order valence-electron chi connectivity index (χ4n) is 2.48. The lowest BCUT2D eigenvalue weighted by molar-refractivity contribution is 0.476. The van der Waals surface area contributed by atoms with Gasteiger partial charge in [0, 0.05) is 6.54 Å². The van der Waals surface area contributed by atoms with Crippen molar-refractivity contribution in [1.29, 1.82) is 0 Å². The standard InChI is InChI=1S/C17H29N/c1-12(2)16(11-18-7)15-9-8-14(10-13(15)3)17(4,5)6/h8-10,12,16,18H,11H2,1-7H3. The van der Waals surface area contributed by atoms with E-state index >= 15 is 0 Å². The van der Waals surface area contributed by atoms with E-state index in [-0.39, 0.29) is 5.41 Å². The Labute approximate surface area is 113 Å². The number of likely N-dealkylation sites (N-methyl/N-ethyl adjacent to an activating group) is 1. The molecule has 0 heterocycles. The molecule has 1 heteroatoms. The van der Waals surface area contributed by atoms with Crippen LogP contribution >= 0.6 is 0 Å². The molecule has 1 nitrogen and oxygen atoms in total. The highest BCUT2D eigenvalue weighted by Crippen LogP contribution is 2.30. The van der Waals surface area contributed by atoms with Crippen LogP contribution in [0, 0.1) is 12.8 Å². The number of aryl methyl sites for hydroxylation is 1. The summed E-state index contributed by atoms with van der Waals surface area (Å²) in [6.45, 7) is 14.7. The summed E-state index contributed by atoms with van der Waals surface area (Å²) in [5.74, 6) is 1.26. The summed E-state index contributed by atoms with van der Waals surface area (Å²) in [6.07, 6.45) is 0. The van der Waals surface area contributed by atoms with Gasteiger partial charge in [0.1, 0.15) is 0 Å². The predicted octanol–water partition coefficient (Wildman–Crippen LogP) is 4.25. The zero-order valence-electron chi connectivity index (χ0n) is 13.1. The molecule has 1 rings (SSSR count). The molecule has 0 spiro atoms. The summed E-state index contributed by atoms with van der Waals surface area (Å²) in [5.41, 5.74) is 4.58. The normalized spacial score (nSPS) is 14.0. The first kappa shape index (κ1) is 15.2. The molecule has 18 heavy (non-hydrogen) atoms. The highest BCUT2D eigenvalue weighted by atomic mass is 14.8. The topological polar surface area (TPSA) is 12.0 Å². The molecular formula is C17H29N. The molecule has 1 unspecified atom stereocenters. The molecular weight excluding hydrogens is 218 g/mol. The van der Waals surface area contributed by atoms with Crippen LogP contribution in [0.2, 0.25) is 0 Å². The molecule has 1 N–H and O–H groups in total. The maximum Gasteiger partial charge on any atom is 0.00197 e. The third-order valence-electron chi connectivity index (χ3n) is 3.76. The zero-order chi connectivity index (χ0) is 13.9. The van der Waals surface area contributed by atoms with Crippen LogP contribution in [-0.4, -0.2) is 13.6 Å². The van der Waals surface area contributed by atoms with Crippen LogP contribution in [0.3, 0.4) is 0 Å². The Balaban J connectivity index is 3.11. The molecule has 0 fully saturated rings. The largest absolute Gasteiger partial charge is 0.319 e. The van der Waals surface area contributed by atoms with E-state index in [0.29, 0.717) is 11.8 Å². The average molecular weight is 247 g/mol. The first-order valence-corrected chi connectivity index (χ1v) is 7.03. The van der Waals surface area contributed by atoms with E-state index in [1.54, 1.807) is 0 Å². The summed E-state index contributed by atoms with van der Waals surface area (Å²) < 4.78 is 0. The Bertz CT molecular complexity index is 385. The maximum atomic E-state index is 3.32. The fraction of sp³-hybridized carbons (Fsp3) is 0.647. The molecule has 1 aromatic rings. The Hall–Kier alpha value is -0.820. The van der Waals surface area contributed by atoms with E-state index in [2.05, 4.69) is 65.1 Å². The number of hydrogen-bond acceptors (Lipinski definition) is 1. The van der Waals surface area contributed by atoms with E-state index in [0.717, 1.165) is 6.54 Å². The number of benzene rings is 1. The van der Waals surface area contributed by atoms with Gasteiger partial charge in [-0.05, 0) is 47.9 Å². The van der Waals surface area contributed by atoms with Gasteiger partial charge in [-0.2, -0.15) is 0 Å². The van der Waals surface area contributed by atoms with Crippen molar-refractivity contribution < 1.29 is 0 Å². The smallest absolute Gasteiger partial charge is 0.00197 e. The molecule has 0 saturated carbocycles. The van der Waals surface area contributed by atoms with E-state index in [9.17, 15) is 0 Å². The Morgan fingerprint density at radius 3 is 2.17 bits per heavy atom. The van der Waals surface area contributed by atoms with Crippen LogP contribution in [0.25, 0.3) is 0 Å². The third-order valence-corrected chi connectivity index (χ3v) is 3.76. The highest BCUT2D eigenvalue weighted by Gasteiger charge is 2.19. The molecule has 0 radical (unpaired) electrons. The SMILES string of the molecule is CNCC(c1ccc(C(C)(C)C)cc1C)C(C)C. The summed E-state index contributed by atoms with van der Waals surface area (Å²) >= 11 is 0. The van der Waals surface area contributed by atoms with Crippen molar-refractivity contribution in [2.75, 3.05) is 13.6 Å². The van der Waals surface area contributed by atoms with E-state index in [1.165, 1.54) is 16.7 Å². The van der Waals surface area contributed by atoms with Gasteiger partial charge in [0.2, 0.25) is 0 Å². The van der Waals surface area contributed by atoms with Gasteiger partial charge in [0.15, 0.2) is 0 Å². The van der Waals surface area contributed by atoms with Gasteiger partial charge in [-0.25, -0.2) is 0 Å². The molecule has 0 aliphatic heterocycles. The minimum atomic E-state index is 0.236. The molecule has 0 saturated heterocycles. The molecule has 0 aliphatic rings. The second-order valence-electron chi connectivity index (χ2n) is 6.73. The van der Waals surface area contributed by atoms with Crippen LogP contribution < -0.4 is 5.32 Å². The minimum Gasteiger partial charge on any atom is -0.319 e. The summed E-state index contributed by atoms with van der Waals surface area (Å²) in [7, 11) is 2.04. The summed E-state index contributed by atoms with van der Waals surface area (Å²) in [4.78, 5) is 0. The molecule has 0 aromatic heterocycles. The molecule has 0 bridgehead atoms. The lowest BCUT2D eigenvalue weighted by atomic mass is 9.81. The maximum absolute atomic E-state index is 3.32. The van der Waals surface area contributed by atoms with Crippen LogP contribution in [0.15, 0.2) is 18.2 Å². The molecule has 0 amide bonds. The fourth-order valence-corrected chi connectivity index (χ4v) is 2.48. The highest BCUT2D eigenvalue weighted by molar-refractivity contribution is 5.37. The third kappa shape index (κ3) is 3.58. The van der Waals surface area contributed by atoms with Crippen molar-refractivity contribution in [2.24, 2.45) is 5.92 Å². The number of nitrogens with one attached hydrogen (secondary N) is 1. The Kier molecular flexibility index (Phi) is 4.98. The van der Waals surface area contributed by atoms with Crippen molar-refractivity contribution in [3.63, 3.8) is 0 Å². The van der Waals surface area contributed by atoms with E-state index in [1.807, 2.05) is 7.05 Å². The average Bonchev–Trinajstić information content (AvgIpc) is 2.24. The molecule has 0 aliphatic carbocycles. The number of hydrogen-bond donors (Lipinski definition) is 1. The van der Waals surface area contributed by atoms with E-state index < -0.39 is 0 Å². The second-order valence-corrected chi connectivity index (χ2v) is 6.73. The van der Waals surface area contributed by atoms with Gasteiger partial charge in [0.25, 0.3) is 0 Å². The van der Waals surface area contributed by atoms with Crippen LogP contribution in [0.4, 0.5) is 0 Å². The Morgan fingerprint density at radius 1 is 1.17 bits per heavy atom. The van der Waals surface area contributed by atoms with Crippen molar-refractivity contribution in [3.8, 4) is 0 Å². The van der Waals surface area contributed by atoms with Gasteiger partial charge >= 0.3 is 0 Å². The van der Waals surface area contributed by atoms with Gasteiger partial charge < -0.3 is 5.32 Å². The lowest BCUT2D eigenvalue weighted by Gasteiger charge is -2.26. The zero-order valence-corrected chi connectivity index (χ0v) is 13.1. The van der Waals surface area contributed by atoms with Gasteiger partial charge in [-0.1, -0.05) is 52.8 Å². The van der Waals surface area contributed by atoms with Gasteiger partial charge in [0.05, 0.1) is 0 Å². The van der Waals surface area contributed by atoms with E-state index in [4.69, 9.17) is 0 Å². The second kappa shape index (κ2) is 5.88. The first-order valence-electron chi connectivity index (χ1n) is 7.03. The predicted molar refractivity (Wildman–Crippen MR) is 81.4 cm³/mol. The Morgan fingerprint density at radius 2 is 1.78 bits per heavy atom. The summed E-state index contributed by atoms with van der Waals surface area (Å²) in [6, 6.07) is 6.99. The molecule has 102 valence electrons. The van der Waals surface area contributed by atoms with Crippen LogP contribution in [0.5, 0.6) is 0 Å². The van der Waals surface area contributed by atoms with Crippen LogP contribution in [-0.2, 0) is 5.41 Å². The first-order chi connectivity index (χ1) is 8.27. The molecule has 1 atom stereocenters. The quantitative estimate of drug-likeness (QED) is 0.838. The number of rotatable bonds is 4. The molecule has 1 aromatic carbocycles. The van der Waals surface area contributed by atoms with Crippen molar-refractivity contribution in [3.05, 3.63) is 34.9 Å². The monoisotopic (exact) mass is 247 g/mol. The van der Waals surface area contributed by atoms with Crippen molar-refractivity contribution in [2.45, 2.75) is 52.9 Å². The minimum absolute atomic E-state index is 0.236. The van der Waals surface area contributed by atoms with Crippen molar-refractivity contribution in [1.82, 2.24) is 5.32 Å². The summed E-state index contributed by atoms with van der Waals surface area (Å²) in [5, 5.41) is 3.32. The van der Waals surface area contributed by atoms with Gasteiger partial charge in [-0.3, -0.25) is 0 Å². The lowest BCUT2D eigenvalue weighted by Crippen LogP contribution is -2.22. The van der Waals surface area contributed by atoms with Crippen molar-refractivity contribution >= 4 is 0 Å².